The molecule has 0 saturated heterocycles. The molecule has 2 aromatic rings. The number of rotatable bonds is 1. The Kier molecular flexibility index (Phi) is 4.61. The quantitative estimate of drug-likeness (QED) is 0.502. The number of aliphatic hydroxyl groups excluding tert-OH is 1. The molecule has 0 aromatic heterocycles. The highest BCUT2D eigenvalue weighted by Gasteiger charge is 2.32. The summed E-state index contributed by atoms with van der Waals surface area (Å²) >= 11 is 0. The molecule has 5 N–H and O–H groups in total. The molecule has 2 aromatic carbocycles. The molecule has 1 aliphatic rings. The van der Waals surface area contributed by atoms with Gasteiger partial charge in [0.05, 0.1) is 6.10 Å². The Hall–Kier alpha value is -2.93. The van der Waals surface area contributed by atoms with Crippen LogP contribution >= 0.6 is 0 Å². The average Bonchev–Trinajstić information content (AvgIpc) is 2.52. The second-order valence-electron chi connectivity index (χ2n) is 5.00. The Morgan fingerprint density at radius 1 is 0.957 bits per heavy atom. The lowest BCUT2D eigenvalue weighted by Crippen LogP contribution is -2.30. The molecule has 7 heteroatoms. The maximum absolute atomic E-state index is 10.2. The van der Waals surface area contributed by atoms with Crippen LogP contribution in [-0.2, 0) is 11.2 Å². The first-order valence-corrected chi connectivity index (χ1v) is 6.66. The topological polar surface area (TPSA) is 127 Å². The molecule has 0 bridgehead atoms. The van der Waals surface area contributed by atoms with Crippen molar-refractivity contribution in [3.8, 4) is 28.7 Å². The van der Waals surface area contributed by atoms with E-state index in [-0.39, 0.29) is 35.2 Å². The lowest BCUT2D eigenvalue weighted by molar-refractivity contribution is -0.0980. The molecule has 122 valence electrons. The van der Waals surface area contributed by atoms with Crippen molar-refractivity contribution in [1.29, 1.82) is 0 Å². The molecule has 1 heterocycles. The molecule has 0 spiro atoms. The van der Waals surface area contributed by atoms with Gasteiger partial charge >= 0.3 is 0 Å². The van der Waals surface area contributed by atoms with Crippen LogP contribution in [0.2, 0.25) is 0 Å². The number of benzene rings is 2. The predicted octanol–water partition coefficient (Wildman–Crippen LogP) is 1.36. The van der Waals surface area contributed by atoms with E-state index in [1.807, 2.05) is 6.79 Å². The van der Waals surface area contributed by atoms with Crippen molar-refractivity contribution in [1.82, 2.24) is 0 Å². The molecule has 0 aliphatic carbocycles. The molecular formula is C16H16O7. The van der Waals surface area contributed by atoms with Gasteiger partial charge in [0.25, 0.3) is 0 Å². The number of carbonyl (C=O) groups excluding carboxylic acids is 1. The van der Waals surface area contributed by atoms with E-state index in [4.69, 9.17) is 9.53 Å². The van der Waals surface area contributed by atoms with Gasteiger partial charge in [0.1, 0.15) is 30.1 Å². The van der Waals surface area contributed by atoms with Gasteiger partial charge in [-0.3, -0.25) is 0 Å². The Labute approximate surface area is 131 Å². The van der Waals surface area contributed by atoms with Crippen LogP contribution in [-0.4, -0.2) is 38.4 Å². The van der Waals surface area contributed by atoms with Gasteiger partial charge in [-0.15, -0.1) is 0 Å². The minimum Gasteiger partial charge on any atom is -0.508 e. The highest BCUT2D eigenvalue weighted by Crippen LogP contribution is 2.42. The summed E-state index contributed by atoms with van der Waals surface area (Å²) < 4.78 is 5.62. The summed E-state index contributed by atoms with van der Waals surface area (Å²) in [6.07, 6.45) is -1.56. The highest BCUT2D eigenvalue weighted by atomic mass is 16.5. The maximum Gasteiger partial charge on any atom is 0.157 e. The van der Waals surface area contributed by atoms with Crippen LogP contribution in [0.5, 0.6) is 28.7 Å². The molecule has 7 nitrogen and oxygen atoms in total. The molecule has 3 rings (SSSR count). The number of phenolic OH excluding ortho intramolecular Hbond substituents is 4. The van der Waals surface area contributed by atoms with Crippen molar-refractivity contribution in [3.63, 3.8) is 0 Å². The SMILES string of the molecule is C=O.Oc1cc(O)c2c(c1)O[C@H](c1ccc(O)c(O)c1)[C@@H](O)C2. The minimum atomic E-state index is -0.933. The first-order chi connectivity index (χ1) is 11.0. The van der Waals surface area contributed by atoms with E-state index in [1.165, 1.54) is 30.3 Å². The van der Waals surface area contributed by atoms with E-state index < -0.39 is 12.2 Å². The molecule has 1 aliphatic heterocycles. The van der Waals surface area contributed by atoms with Gasteiger partial charge in [0, 0.05) is 24.1 Å². The number of hydrogen-bond donors (Lipinski definition) is 5. The number of aliphatic hydroxyl groups is 1. The molecule has 0 radical (unpaired) electrons. The molecule has 2 atom stereocenters. The largest absolute Gasteiger partial charge is 0.508 e. The van der Waals surface area contributed by atoms with Crippen LogP contribution in [0.4, 0.5) is 0 Å². The highest BCUT2D eigenvalue weighted by molar-refractivity contribution is 5.52. The fraction of sp³-hybridized carbons (Fsp3) is 0.188. The van der Waals surface area contributed by atoms with Crippen LogP contribution in [0.1, 0.15) is 17.2 Å². The Morgan fingerprint density at radius 2 is 1.65 bits per heavy atom. The van der Waals surface area contributed by atoms with Gasteiger partial charge in [-0.05, 0) is 17.7 Å². The van der Waals surface area contributed by atoms with Crippen molar-refractivity contribution >= 4 is 6.79 Å². The number of hydrogen-bond acceptors (Lipinski definition) is 7. The first kappa shape index (κ1) is 16.4. The van der Waals surface area contributed by atoms with Crippen molar-refractivity contribution < 1.29 is 35.1 Å². The second kappa shape index (κ2) is 6.45. The van der Waals surface area contributed by atoms with E-state index in [9.17, 15) is 25.5 Å². The van der Waals surface area contributed by atoms with Crippen LogP contribution in [0.3, 0.4) is 0 Å². The molecule has 23 heavy (non-hydrogen) atoms. The van der Waals surface area contributed by atoms with Crippen LogP contribution in [0.25, 0.3) is 0 Å². The van der Waals surface area contributed by atoms with Gasteiger partial charge in [-0.1, -0.05) is 6.07 Å². The summed E-state index contributed by atoms with van der Waals surface area (Å²) in [6, 6.07) is 6.67. The first-order valence-electron chi connectivity index (χ1n) is 6.66. The normalized spacial score (nSPS) is 19.0. The monoisotopic (exact) mass is 320 g/mol. The number of carbonyl (C=O) groups is 1. The van der Waals surface area contributed by atoms with Gasteiger partial charge in [-0.25, -0.2) is 0 Å². The second-order valence-corrected chi connectivity index (χ2v) is 5.00. The lowest BCUT2D eigenvalue weighted by atomic mass is 9.94. The van der Waals surface area contributed by atoms with E-state index in [0.29, 0.717) is 11.1 Å². The smallest absolute Gasteiger partial charge is 0.157 e. The van der Waals surface area contributed by atoms with Gasteiger partial charge in [0.2, 0.25) is 0 Å². The minimum absolute atomic E-state index is 0.143. The summed E-state index contributed by atoms with van der Waals surface area (Å²) in [7, 11) is 0. The van der Waals surface area contributed by atoms with Crippen LogP contribution in [0.15, 0.2) is 30.3 Å². The number of phenols is 4. The predicted molar refractivity (Wildman–Crippen MR) is 79.7 cm³/mol. The van der Waals surface area contributed by atoms with Crippen molar-refractivity contribution in [2.24, 2.45) is 0 Å². The van der Waals surface area contributed by atoms with Crippen molar-refractivity contribution in [3.05, 3.63) is 41.5 Å². The third-order valence-electron chi connectivity index (χ3n) is 3.51. The molecule has 0 fully saturated rings. The summed E-state index contributed by atoms with van der Waals surface area (Å²) in [5.41, 5.74) is 0.894. The average molecular weight is 320 g/mol. The van der Waals surface area contributed by atoms with Gasteiger partial charge in [-0.2, -0.15) is 0 Å². The Balaban J connectivity index is 0.000000924. The lowest BCUT2D eigenvalue weighted by Gasteiger charge is -2.31. The van der Waals surface area contributed by atoms with Crippen molar-refractivity contribution in [2.45, 2.75) is 18.6 Å². The summed E-state index contributed by atoms with van der Waals surface area (Å²) in [5, 5.41) is 48.3. The number of fused-ring (bicyclic) bond motifs is 1. The number of aromatic hydroxyl groups is 4. The number of ether oxygens (including phenoxy) is 1. The molecule has 0 unspecified atom stereocenters. The molecule has 0 saturated carbocycles. The standard InChI is InChI=1S/C15H14O6.CH2O/c16-8-4-11(18)9-6-13(20)15(21-14(9)5-8)7-1-2-10(17)12(19)3-7;1-2/h1-5,13,15-20H,6H2;1H2/t13-,15+;/m0./s1. The Bertz CT molecular complexity index is 714. The molecule has 0 amide bonds. The van der Waals surface area contributed by atoms with Gasteiger partial charge in [0.15, 0.2) is 11.5 Å². The zero-order chi connectivity index (χ0) is 17.1. The maximum atomic E-state index is 10.2. The fourth-order valence-electron chi connectivity index (χ4n) is 2.47. The third-order valence-corrected chi connectivity index (χ3v) is 3.51. The van der Waals surface area contributed by atoms with E-state index >= 15 is 0 Å². The molecular weight excluding hydrogens is 304 g/mol. The zero-order valence-electron chi connectivity index (χ0n) is 12.0. The summed E-state index contributed by atoms with van der Waals surface area (Å²) in [6.45, 7) is 2.00. The van der Waals surface area contributed by atoms with Crippen LogP contribution < -0.4 is 4.74 Å². The van der Waals surface area contributed by atoms with Gasteiger partial charge < -0.3 is 35.1 Å². The van der Waals surface area contributed by atoms with E-state index in [0.717, 1.165) is 0 Å². The third kappa shape index (κ3) is 3.14. The van der Waals surface area contributed by atoms with E-state index in [1.54, 1.807) is 0 Å². The summed E-state index contributed by atoms with van der Waals surface area (Å²) in [4.78, 5) is 8.00. The zero-order valence-corrected chi connectivity index (χ0v) is 12.0. The Morgan fingerprint density at radius 3 is 2.30 bits per heavy atom. The van der Waals surface area contributed by atoms with E-state index in [2.05, 4.69) is 0 Å². The van der Waals surface area contributed by atoms with Crippen molar-refractivity contribution in [2.75, 3.05) is 0 Å². The summed E-state index contributed by atoms with van der Waals surface area (Å²) in [5.74, 6) is -0.589. The van der Waals surface area contributed by atoms with Crippen LogP contribution in [0, 0.1) is 0 Å². The fourth-order valence-corrected chi connectivity index (χ4v) is 2.47.